The molecule has 0 unspecified atom stereocenters. The van der Waals surface area contributed by atoms with E-state index >= 15 is 0 Å². The fourth-order valence-electron chi connectivity index (χ4n) is 2.08. The zero-order valence-corrected chi connectivity index (χ0v) is 10.5. The largest absolute Gasteiger partial charge is 0.361 e. The van der Waals surface area contributed by atoms with Crippen LogP contribution in [0.4, 0.5) is 0 Å². The molecule has 16 heavy (non-hydrogen) atoms. The van der Waals surface area contributed by atoms with Crippen molar-refractivity contribution in [2.75, 3.05) is 0 Å². The van der Waals surface area contributed by atoms with Crippen molar-refractivity contribution in [3.05, 3.63) is 35.0 Å². The molecule has 2 nitrogen and oxygen atoms in total. The van der Waals surface area contributed by atoms with Crippen molar-refractivity contribution >= 4 is 10.9 Å². The molecule has 0 aliphatic heterocycles. The molecule has 1 aromatic carbocycles. The third-order valence-corrected chi connectivity index (χ3v) is 3.03. The first-order chi connectivity index (χ1) is 7.37. The van der Waals surface area contributed by atoms with Crippen molar-refractivity contribution in [1.82, 2.24) is 4.98 Å². The van der Waals surface area contributed by atoms with Crippen molar-refractivity contribution in [1.29, 1.82) is 0 Å². The van der Waals surface area contributed by atoms with Crippen molar-refractivity contribution in [2.24, 2.45) is 5.73 Å². The van der Waals surface area contributed by atoms with Gasteiger partial charge < -0.3 is 10.7 Å². The highest BCUT2D eigenvalue weighted by molar-refractivity contribution is 5.84. The Hall–Kier alpha value is -1.28. The van der Waals surface area contributed by atoms with E-state index in [0.717, 1.165) is 6.42 Å². The second kappa shape index (κ2) is 3.63. The lowest BCUT2D eigenvalue weighted by molar-refractivity contribution is 0.518. The molecule has 1 heterocycles. The van der Waals surface area contributed by atoms with E-state index in [0.29, 0.717) is 0 Å². The summed E-state index contributed by atoms with van der Waals surface area (Å²) in [6.45, 7) is 8.42. The van der Waals surface area contributed by atoms with Crippen LogP contribution in [0.5, 0.6) is 0 Å². The predicted molar refractivity (Wildman–Crippen MR) is 69.7 cm³/mol. The third-order valence-electron chi connectivity index (χ3n) is 3.03. The summed E-state index contributed by atoms with van der Waals surface area (Å²) >= 11 is 0. The van der Waals surface area contributed by atoms with E-state index in [2.05, 4.69) is 51.0 Å². The summed E-state index contributed by atoms with van der Waals surface area (Å²) in [4.78, 5) is 3.32. The van der Waals surface area contributed by atoms with Crippen molar-refractivity contribution in [3.63, 3.8) is 0 Å². The van der Waals surface area contributed by atoms with Gasteiger partial charge in [-0.3, -0.25) is 0 Å². The van der Waals surface area contributed by atoms with Gasteiger partial charge in [-0.2, -0.15) is 0 Å². The molecule has 0 radical (unpaired) electrons. The van der Waals surface area contributed by atoms with Crippen molar-refractivity contribution < 1.29 is 0 Å². The number of hydrogen-bond acceptors (Lipinski definition) is 1. The number of H-pyrrole nitrogens is 1. The molecule has 0 spiro atoms. The summed E-state index contributed by atoms with van der Waals surface area (Å²) in [6.07, 6.45) is 2.98. The number of nitrogens with one attached hydrogen (secondary N) is 1. The minimum atomic E-state index is -0.159. The van der Waals surface area contributed by atoms with E-state index in [1.165, 1.54) is 27.6 Å². The molecule has 0 aliphatic rings. The van der Waals surface area contributed by atoms with Crippen LogP contribution in [0.2, 0.25) is 0 Å². The molecule has 3 N–H and O–H groups in total. The maximum absolute atomic E-state index is 6.07. The van der Waals surface area contributed by atoms with Crippen LogP contribution in [0.15, 0.2) is 18.3 Å². The second-order valence-corrected chi connectivity index (χ2v) is 5.46. The lowest BCUT2D eigenvalue weighted by Gasteiger charge is -2.17. The summed E-state index contributed by atoms with van der Waals surface area (Å²) in [6, 6.07) is 4.46. The normalized spacial score (nSPS) is 12.3. The fourth-order valence-corrected chi connectivity index (χ4v) is 2.08. The molecule has 0 saturated carbocycles. The Bertz CT molecular complexity index is 515. The molecule has 2 aromatic rings. The quantitative estimate of drug-likeness (QED) is 0.796. The van der Waals surface area contributed by atoms with Gasteiger partial charge in [-0.25, -0.2) is 0 Å². The van der Waals surface area contributed by atoms with Crippen LogP contribution in [0.25, 0.3) is 10.9 Å². The van der Waals surface area contributed by atoms with Crippen LogP contribution in [-0.2, 0) is 6.42 Å². The number of benzene rings is 1. The van der Waals surface area contributed by atoms with Gasteiger partial charge in [0.1, 0.15) is 0 Å². The number of aromatic amines is 1. The zero-order chi connectivity index (χ0) is 11.9. The summed E-state index contributed by atoms with van der Waals surface area (Å²) in [5, 5.41) is 1.31. The summed E-state index contributed by atoms with van der Waals surface area (Å²) in [5.74, 6) is 0. The molecule has 2 rings (SSSR count). The van der Waals surface area contributed by atoms with Gasteiger partial charge in [0.15, 0.2) is 0 Å². The lowest BCUT2D eigenvalue weighted by Crippen LogP contribution is -2.34. The Labute approximate surface area is 96.9 Å². The number of nitrogens with two attached hydrogens (primary N) is 1. The topological polar surface area (TPSA) is 41.8 Å². The predicted octanol–water partition coefficient (Wildman–Crippen LogP) is 3.06. The van der Waals surface area contributed by atoms with E-state index in [9.17, 15) is 0 Å². The Morgan fingerprint density at radius 3 is 2.44 bits per heavy atom. The first-order valence-corrected chi connectivity index (χ1v) is 5.73. The van der Waals surface area contributed by atoms with Crippen LogP contribution < -0.4 is 5.73 Å². The van der Waals surface area contributed by atoms with Gasteiger partial charge in [-0.15, -0.1) is 0 Å². The summed E-state index contributed by atoms with van der Waals surface area (Å²) in [7, 11) is 0. The summed E-state index contributed by atoms with van der Waals surface area (Å²) in [5.41, 5.74) is 11.1. The first kappa shape index (κ1) is 11.2. The van der Waals surface area contributed by atoms with E-state index in [1.807, 2.05) is 0 Å². The molecular weight excluding hydrogens is 196 g/mol. The molecule has 0 atom stereocenters. The van der Waals surface area contributed by atoms with Gasteiger partial charge in [0.25, 0.3) is 0 Å². The van der Waals surface area contributed by atoms with Gasteiger partial charge in [0.2, 0.25) is 0 Å². The van der Waals surface area contributed by atoms with Gasteiger partial charge in [0.05, 0.1) is 0 Å². The van der Waals surface area contributed by atoms with E-state index in [1.54, 1.807) is 0 Å². The molecule has 0 amide bonds. The maximum Gasteiger partial charge on any atom is 0.0459 e. The Morgan fingerprint density at radius 2 is 1.81 bits per heavy atom. The Balaban J connectivity index is 2.52. The van der Waals surface area contributed by atoms with Gasteiger partial charge in [-0.05, 0) is 62.9 Å². The van der Waals surface area contributed by atoms with Crippen LogP contribution in [-0.4, -0.2) is 10.5 Å². The van der Waals surface area contributed by atoms with Crippen molar-refractivity contribution in [2.45, 2.75) is 39.7 Å². The monoisotopic (exact) mass is 216 g/mol. The molecule has 0 fully saturated rings. The van der Waals surface area contributed by atoms with Crippen LogP contribution >= 0.6 is 0 Å². The lowest BCUT2D eigenvalue weighted by atomic mass is 9.95. The molecular formula is C14H20N2. The molecule has 86 valence electrons. The molecule has 0 bridgehead atoms. The SMILES string of the molecule is Cc1cc2[nH]cc(CC(C)(C)N)c2cc1C. The smallest absolute Gasteiger partial charge is 0.0459 e. The number of hydrogen-bond donors (Lipinski definition) is 2. The average molecular weight is 216 g/mol. The third kappa shape index (κ3) is 2.12. The summed E-state index contributed by atoms with van der Waals surface area (Å²) < 4.78 is 0. The average Bonchev–Trinajstić information content (AvgIpc) is 2.47. The molecule has 0 saturated heterocycles. The van der Waals surface area contributed by atoms with E-state index in [4.69, 9.17) is 5.73 Å². The fraction of sp³-hybridized carbons (Fsp3) is 0.429. The Kier molecular flexibility index (Phi) is 2.55. The number of fused-ring (bicyclic) bond motifs is 1. The van der Waals surface area contributed by atoms with Crippen LogP contribution in [0.3, 0.4) is 0 Å². The zero-order valence-electron chi connectivity index (χ0n) is 10.5. The van der Waals surface area contributed by atoms with E-state index < -0.39 is 0 Å². The van der Waals surface area contributed by atoms with Gasteiger partial charge >= 0.3 is 0 Å². The van der Waals surface area contributed by atoms with Crippen LogP contribution in [0.1, 0.15) is 30.5 Å². The molecule has 1 aromatic heterocycles. The Morgan fingerprint density at radius 1 is 1.19 bits per heavy atom. The maximum atomic E-state index is 6.07. The molecule has 2 heteroatoms. The number of rotatable bonds is 2. The highest BCUT2D eigenvalue weighted by atomic mass is 14.7. The molecule has 0 aliphatic carbocycles. The minimum Gasteiger partial charge on any atom is -0.361 e. The first-order valence-electron chi connectivity index (χ1n) is 5.73. The standard InChI is InChI=1S/C14H20N2/c1-9-5-12-11(7-14(3,4)15)8-16-13(12)6-10(9)2/h5-6,8,16H,7,15H2,1-4H3. The van der Waals surface area contributed by atoms with Crippen LogP contribution in [0, 0.1) is 13.8 Å². The highest BCUT2D eigenvalue weighted by Crippen LogP contribution is 2.24. The van der Waals surface area contributed by atoms with Crippen molar-refractivity contribution in [3.8, 4) is 0 Å². The number of aromatic nitrogens is 1. The van der Waals surface area contributed by atoms with E-state index in [-0.39, 0.29) is 5.54 Å². The second-order valence-electron chi connectivity index (χ2n) is 5.46. The van der Waals surface area contributed by atoms with Gasteiger partial charge in [0, 0.05) is 22.6 Å². The minimum absolute atomic E-state index is 0.159. The number of aryl methyl sites for hydroxylation is 2. The highest BCUT2D eigenvalue weighted by Gasteiger charge is 2.15. The van der Waals surface area contributed by atoms with Gasteiger partial charge in [-0.1, -0.05) is 0 Å².